The van der Waals surface area contributed by atoms with Crippen LogP contribution in [-0.2, 0) is 4.79 Å². The molecule has 6 heteroatoms. The lowest BCUT2D eigenvalue weighted by atomic mass is 10.2. The van der Waals surface area contributed by atoms with Crippen molar-refractivity contribution in [3.63, 3.8) is 0 Å². The summed E-state index contributed by atoms with van der Waals surface area (Å²) in [4.78, 5) is 23.2. The highest BCUT2D eigenvalue weighted by atomic mass is 16.5. The molecule has 0 unspecified atom stereocenters. The van der Waals surface area contributed by atoms with E-state index in [1.807, 2.05) is 13.0 Å². The van der Waals surface area contributed by atoms with Crippen LogP contribution in [-0.4, -0.2) is 24.9 Å². The number of nitrogens with one attached hydrogen (secondary N) is 1. The van der Waals surface area contributed by atoms with Crippen LogP contribution in [0.2, 0.25) is 0 Å². The number of ether oxygens (including phenoxy) is 2. The number of benzene rings is 2. The van der Waals surface area contributed by atoms with Gasteiger partial charge >= 0.3 is 0 Å². The number of anilines is 1. The van der Waals surface area contributed by atoms with Gasteiger partial charge < -0.3 is 14.8 Å². The van der Waals surface area contributed by atoms with Gasteiger partial charge in [-0.1, -0.05) is 6.07 Å². The van der Waals surface area contributed by atoms with Crippen LogP contribution in [0.15, 0.2) is 42.5 Å². The molecule has 128 valence electrons. The van der Waals surface area contributed by atoms with Crippen molar-refractivity contribution in [2.45, 2.75) is 20.0 Å². The molecule has 0 aliphatic carbocycles. The molecule has 1 N–H and O–H groups in total. The highest BCUT2D eigenvalue weighted by Crippen LogP contribution is 2.29. The number of hydrogen-bond acceptors (Lipinski definition) is 5. The number of amides is 1. The van der Waals surface area contributed by atoms with Crippen LogP contribution in [0, 0.1) is 11.3 Å². The van der Waals surface area contributed by atoms with Gasteiger partial charge in [0.15, 0.2) is 17.6 Å². The van der Waals surface area contributed by atoms with Crippen LogP contribution in [0.4, 0.5) is 5.69 Å². The minimum atomic E-state index is -0.799. The Bertz CT molecular complexity index is 811. The van der Waals surface area contributed by atoms with Gasteiger partial charge in [-0.2, -0.15) is 5.26 Å². The van der Waals surface area contributed by atoms with E-state index in [1.165, 1.54) is 0 Å². The Hall–Kier alpha value is -3.33. The molecule has 0 spiro atoms. The predicted octanol–water partition coefficient (Wildman–Crippen LogP) is 3.18. The van der Waals surface area contributed by atoms with E-state index in [4.69, 9.17) is 14.7 Å². The molecule has 0 aliphatic rings. The molecule has 2 aromatic carbocycles. The topological polar surface area (TPSA) is 88.4 Å². The summed E-state index contributed by atoms with van der Waals surface area (Å²) < 4.78 is 11.1. The van der Waals surface area contributed by atoms with Gasteiger partial charge in [-0.15, -0.1) is 0 Å². The van der Waals surface area contributed by atoms with E-state index in [0.29, 0.717) is 41.2 Å². The minimum Gasteiger partial charge on any atom is -0.490 e. The Labute approximate surface area is 146 Å². The molecule has 1 atom stereocenters. The third kappa shape index (κ3) is 4.82. The maximum absolute atomic E-state index is 12.3. The van der Waals surface area contributed by atoms with Crippen molar-refractivity contribution in [3.05, 3.63) is 53.6 Å². The molecule has 0 bridgehead atoms. The molecule has 0 radical (unpaired) electrons. The lowest BCUT2D eigenvalue weighted by Crippen LogP contribution is -2.30. The van der Waals surface area contributed by atoms with Gasteiger partial charge in [0.05, 0.1) is 18.2 Å². The van der Waals surface area contributed by atoms with E-state index in [0.717, 1.165) is 0 Å². The number of carbonyl (C=O) groups is 2. The number of nitrogens with zero attached hydrogens (tertiary/aromatic N) is 1. The molecule has 0 saturated carbocycles. The van der Waals surface area contributed by atoms with Crippen molar-refractivity contribution in [3.8, 4) is 17.6 Å². The third-order valence-electron chi connectivity index (χ3n) is 3.34. The number of carbonyl (C=O) groups excluding carboxylic acids is 2. The fourth-order valence-corrected chi connectivity index (χ4v) is 2.12. The summed E-state index contributed by atoms with van der Waals surface area (Å²) in [7, 11) is 0. The van der Waals surface area contributed by atoms with E-state index in [2.05, 4.69) is 5.32 Å². The van der Waals surface area contributed by atoms with Crippen molar-refractivity contribution in [2.24, 2.45) is 0 Å². The van der Waals surface area contributed by atoms with Crippen LogP contribution in [0.25, 0.3) is 0 Å². The van der Waals surface area contributed by atoms with Gasteiger partial charge in [-0.05, 0) is 50.2 Å². The largest absolute Gasteiger partial charge is 0.490 e. The molecular formula is C19H18N2O4. The Morgan fingerprint density at radius 3 is 2.76 bits per heavy atom. The summed E-state index contributed by atoms with van der Waals surface area (Å²) in [6.07, 6.45) is -0.0861. The summed E-state index contributed by atoms with van der Waals surface area (Å²) in [6, 6.07) is 13.4. The zero-order chi connectivity index (χ0) is 18.2. The molecule has 25 heavy (non-hydrogen) atoms. The van der Waals surface area contributed by atoms with Gasteiger partial charge in [0, 0.05) is 11.3 Å². The molecule has 0 aliphatic heterocycles. The second kappa shape index (κ2) is 8.50. The quantitative estimate of drug-likeness (QED) is 0.783. The van der Waals surface area contributed by atoms with E-state index in [1.54, 1.807) is 49.4 Å². The highest BCUT2D eigenvalue weighted by Gasteiger charge is 2.17. The van der Waals surface area contributed by atoms with E-state index in [9.17, 15) is 9.59 Å². The first-order valence-electron chi connectivity index (χ1n) is 7.77. The molecule has 2 rings (SSSR count). The van der Waals surface area contributed by atoms with Gasteiger partial charge in [0.25, 0.3) is 5.91 Å². The first-order valence-corrected chi connectivity index (χ1v) is 7.77. The zero-order valence-electron chi connectivity index (χ0n) is 14.0. The number of rotatable bonds is 7. The van der Waals surface area contributed by atoms with E-state index < -0.39 is 6.10 Å². The fraction of sp³-hybridized carbons (Fsp3) is 0.211. The fourth-order valence-electron chi connectivity index (χ4n) is 2.12. The maximum atomic E-state index is 12.3. The SMILES string of the molecule is CCOc1cc(C=O)ccc1O[C@@H](C)C(=O)Nc1cccc(C#N)c1. The lowest BCUT2D eigenvalue weighted by molar-refractivity contribution is -0.122. The first kappa shape index (κ1) is 18.0. The van der Waals surface area contributed by atoms with Crippen LogP contribution in [0.3, 0.4) is 0 Å². The van der Waals surface area contributed by atoms with Gasteiger partial charge in [0.1, 0.15) is 6.29 Å². The number of aldehydes is 1. The molecule has 0 saturated heterocycles. The van der Waals surface area contributed by atoms with Crippen molar-refractivity contribution in [1.29, 1.82) is 5.26 Å². The van der Waals surface area contributed by atoms with Gasteiger partial charge in [-0.3, -0.25) is 9.59 Å². The lowest BCUT2D eigenvalue weighted by Gasteiger charge is -2.17. The predicted molar refractivity (Wildman–Crippen MR) is 92.9 cm³/mol. The Balaban J connectivity index is 2.10. The normalized spacial score (nSPS) is 11.1. The summed E-state index contributed by atoms with van der Waals surface area (Å²) in [5.41, 5.74) is 1.43. The Kier molecular flexibility index (Phi) is 6.13. The average Bonchev–Trinajstić information content (AvgIpc) is 2.63. The molecule has 0 aromatic heterocycles. The van der Waals surface area contributed by atoms with Gasteiger partial charge in [-0.25, -0.2) is 0 Å². The molecule has 1 amide bonds. The summed E-state index contributed by atoms with van der Waals surface area (Å²) in [6.45, 7) is 3.82. The van der Waals surface area contributed by atoms with Crippen LogP contribution in [0.5, 0.6) is 11.5 Å². The van der Waals surface area contributed by atoms with E-state index >= 15 is 0 Å². The number of hydrogen-bond donors (Lipinski definition) is 1. The highest BCUT2D eigenvalue weighted by molar-refractivity contribution is 5.94. The summed E-state index contributed by atoms with van der Waals surface area (Å²) in [5.74, 6) is 0.413. The maximum Gasteiger partial charge on any atom is 0.265 e. The van der Waals surface area contributed by atoms with Crippen molar-refractivity contribution in [2.75, 3.05) is 11.9 Å². The second-order valence-corrected chi connectivity index (χ2v) is 5.20. The molecule has 0 heterocycles. The molecule has 2 aromatic rings. The van der Waals surface area contributed by atoms with Crippen molar-refractivity contribution >= 4 is 17.9 Å². The zero-order valence-corrected chi connectivity index (χ0v) is 14.0. The average molecular weight is 338 g/mol. The number of nitriles is 1. The summed E-state index contributed by atoms with van der Waals surface area (Å²) >= 11 is 0. The smallest absolute Gasteiger partial charge is 0.265 e. The van der Waals surface area contributed by atoms with Gasteiger partial charge in [0.2, 0.25) is 0 Å². The van der Waals surface area contributed by atoms with Crippen LogP contribution < -0.4 is 14.8 Å². The van der Waals surface area contributed by atoms with E-state index in [-0.39, 0.29) is 5.91 Å². The van der Waals surface area contributed by atoms with Crippen LogP contribution in [0.1, 0.15) is 29.8 Å². The first-order chi connectivity index (χ1) is 12.1. The molecule has 6 nitrogen and oxygen atoms in total. The molecular weight excluding hydrogens is 320 g/mol. The van der Waals surface area contributed by atoms with Crippen molar-refractivity contribution in [1.82, 2.24) is 0 Å². The summed E-state index contributed by atoms with van der Waals surface area (Å²) in [5, 5.41) is 11.6. The second-order valence-electron chi connectivity index (χ2n) is 5.20. The minimum absolute atomic E-state index is 0.364. The Morgan fingerprint density at radius 1 is 1.28 bits per heavy atom. The van der Waals surface area contributed by atoms with Crippen LogP contribution >= 0.6 is 0 Å². The standard InChI is InChI=1S/C19H18N2O4/c1-3-24-18-10-15(12-22)7-8-17(18)25-13(2)19(23)21-16-6-4-5-14(9-16)11-20/h4-10,12-13H,3H2,1-2H3,(H,21,23)/t13-/m0/s1. The molecule has 0 fully saturated rings. The van der Waals surface area contributed by atoms with Crippen molar-refractivity contribution < 1.29 is 19.1 Å². The monoisotopic (exact) mass is 338 g/mol. The Morgan fingerprint density at radius 2 is 2.08 bits per heavy atom. The third-order valence-corrected chi connectivity index (χ3v) is 3.34.